The molecule has 3 aromatic rings. The van der Waals surface area contributed by atoms with Gasteiger partial charge in [-0.05, 0) is 31.0 Å². The number of amides is 1. The van der Waals surface area contributed by atoms with E-state index in [1.165, 1.54) is 5.56 Å². The Hall–Kier alpha value is -2.46. The minimum atomic E-state index is 0.0334. The zero-order valence-electron chi connectivity index (χ0n) is 13.0. The van der Waals surface area contributed by atoms with Crippen LogP contribution in [-0.2, 0) is 11.2 Å². The Bertz CT molecular complexity index is 779. The van der Waals surface area contributed by atoms with Gasteiger partial charge in [0.05, 0.1) is 10.7 Å². The molecule has 4 heteroatoms. The highest BCUT2D eigenvalue weighted by molar-refractivity contribution is 7.09. The van der Waals surface area contributed by atoms with Crippen molar-refractivity contribution in [3.05, 3.63) is 70.5 Å². The van der Waals surface area contributed by atoms with Gasteiger partial charge in [-0.1, -0.05) is 42.5 Å². The van der Waals surface area contributed by atoms with Gasteiger partial charge >= 0.3 is 0 Å². The molecule has 1 N–H and O–H groups in total. The summed E-state index contributed by atoms with van der Waals surface area (Å²) in [6, 6.07) is 17.9. The quantitative estimate of drug-likeness (QED) is 0.740. The summed E-state index contributed by atoms with van der Waals surface area (Å²) in [5, 5.41) is 6.04. The van der Waals surface area contributed by atoms with Gasteiger partial charge in [0.2, 0.25) is 5.91 Å². The molecule has 23 heavy (non-hydrogen) atoms. The lowest BCUT2D eigenvalue weighted by Crippen LogP contribution is -2.12. The number of aryl methyl sites for hydroxylation is 2. The first-order valence-corrected chi connectivity index (χ1v) is 8.45. The van der Waals surface area contributed by atoms with Crippen LogP contribution in [0, 0.1) is 6.92 Å². The summed E-state index contributed by atoms with van der Waals surface area (Å²) in [6.45, 7) is 2.00. The van der Waals surface area contributed by atoms with Crippen molar-refractivity contribution in [1.82, 2.24) is 4.98 Å². The number of rotatable bonds is 5. The Kier molecular flexibility index (Phi) is 4.83. The highest BCUT2D eigenvalue weighted by atomic mass is 32.1. The van der Waals surface area contributed by atoms with Gasteiger partial charge in [0.25, 0.3) is 0 Å². The van der Waals surface area contributed by atoms with E-state index in [4.69, 9.17) is 0 Å². The average molecular weight is 322 g/mol. The molecule has 0 spiro atoms. The Labute approximate surface area is 140 Å². The van der Waals surface area contributed by atoms with Crippen molar-refractivity contribution in [1.29, 1.82) is 0 Å². The van der Waals surface area contributed by atoms with Gasteiger partial charge in [-0.2, -0.15) is 0 Å². The van der Waals surface area contributed by atoms with Crippen molar-refractivity contribution < 1.29 is 4.79 Å². The SMILES string of the molecule is Cc1nc(-c2ccc(NC(=O)CCc3ccccc3)cc2)cs1. The second-order valence-corrected chi connectivity index (χ2v) is 6.43. The molecule has 1 heterocycles. The molecule has 3 rings (SSSR count). The number of nitrogens with one attached hydrogen (secondary N) is 1. The minimum absolute atomic E-state index is 0.0334. The van der Waals surface area contributed by atoms with Gasteiger partial charge in [-0.15, -0.1) is 11.3 Å². The molecule has 0 saturated carbocycles. The molecule has 0 saturated heterocycles. The molecule has 3 nitrogen and oxygen atoms in total. The third-order valence-corrected chi connectivity index (χ3v) is 4.34. The van der Waals surface area contributed by atoms with E-state index in [1.807, 2.05) is 66.9 Å². The third-order valence-electron chi connectivity index (χ3n) is 3.57. The zero-order chi connectivity index (χ0) is 16.1. The molecule has 0 atom stereocenters. The fourth-order valence-corrected chi connectivity index (χ4v) is 2.97. The van der Waals surface area contributed by atoms with Gasteiger partial charge in [0.15, 0.2) is 0 Å². The molecular formula is C19H18N2OS. The number of nitrogens with zero attached hydrogens (tertiary/aromatic N) is 1. The van der Waals surface area contributed by atoms with Crippen LogP contribution < -0.4 is 5.32 Å². The smallest absolute Gasteiger partial charge is 0.224 e. The number of anilines is 1. The molecule has 0 unspecified atom stereocenters. The first kappa shape index (κ1) is 15.4. The Balaban J connectivity index is 1.56. The topological polar surface area (TPSA) is 42.0 Å². The lowest BCUT2D eigenvalue weighted by Gasteiger charge is -2.06. The summed E-state index contributed by atoms with van der Waals surface area (Å²) >= 11 is 1.64. The van der Waals surface area contributed by atoms with Crippen molar-refractivity contribution in [2.45, 2.75) is 19.8 Å². The van der Waals surface area contributed by atoms with Crippen LogP contribution in [-0.4, -0.2) is 10.9 Å². The lowest BCUT2D eigenvalue weighted by molar-refractivity contribution is -0.116. The molecule has 0 aliphatic carbocycles. The molecular weight excluding hydrogens is 304 g/mol. The highest BCUT2D eigenvalue weighted by Gasteiger charge is 2.05. The molecule has 0 aliphatic rings. The number of hydrogen-bond acceptors (Lipinski definition) is 3. The summed E-state index contributed by atoms with van der Waals surface area (Å²) in [6.07, 6.45) is 1.24. The fourth-order valence-electron chi connectivity index (χ4n) is 2.35. The molecule has 116 valence electrons. The van der Waals surface area contributed by atoms with Gasteiger partial charge in [0, 0.05) is 23.1 Å². The normalized spacial score (nSPS) is 10.5. The van der Waals surface area contributed by atoms with Gasteiger partial charge in [-0.25, -0.2) is 4.98 Å². The van der Waals surface area contributed by atoms with Gasteiger partial charge in [0.1, 0.15) is 0 Å². The molecule has 2 aromatic carbocycles. The van der Waals surface area contributed by atoms with E-state index >= 15 is 0 Å². The molecule has 0 bridgehead atoms. The summed E-state index contributed by atoms with van der Waals surface area (Å²) in [5.41, 5.74) is 4.04. The van der Waals surface area contributed by atoms with Crippen molar-refractivity contribution in [2.75, 3.05) is 5.32 Å². The standard InChI is InChI=1S/C19H18N2OS/c1-14-20-18(13-23-14)16-8-10-17(11-9-16)21-19(22)12-7-15-5-3-2-4-6-15/h2-6,8-11,13H,7,12H2,1H3,(H,21,22). The summed E-state index contributed by atoms with van der Waals surface area (Å²) in [4.78, 5) is 16.5. The predicted octanol–water partition coefficient (Wildman–Crippen LogP) is 4.69. The maximum absolute atomic E-state index is 12.0. The maximum Gasteiger partial charge on any atom is 0.224 e. The molecule has 0 radical (unpaired) electrons. The van der Waals surface area contributed by atoms with Crippen LogP contribution in [0.3, 0.4) is 0 Å². The minimum Gasteiger partial charge on any atom is -0.326 e. The number of hydrogen-bond donors (Lipinski definition) is 1. The van der Waals surface area contributed by atoms with Crippen LogP contribution in [0.25, 0.3) is 11.3 Å². The maximum atomic E-state index is 12.0. The van der Waals surface area contributed by atoms with Crippen molar-refractivity contribution >= 4 is 22.9 Å². The largest absolute Gasteiger partial charge is 0.326 e. The molecule has 1 amide bonds. The van der Waals surface area contributed by atoms with Crippen LogP contribution in [0.1, 0.15) is 17.0 Å². The molecule has 0 aliphatic heterocycles. The van der Waals surface area contributed by atoms with Crippen LogP contribution in [0.5, 0.6) is 0 Å². The summed E-state index contributed by atoms with van der Waals surface area (Å²) in [7, 11) is 0. The van der Waals surface area contributed by atoms with E-state index in [1.54, 1.807) is 11.3 Å². The van der Waals surface area contributed by atoms with E-state index in [-0.39, 0.29) is 5.91 Å². The van der Waals surface area contributed by atoms with E-state index in [9.17, 15) is 4.79 Å². The third kappa shape index (κ3) is 4.27. The Morgan fingerprint density at radius 2 is 1.83 bits per heavy atom. The van der Waals surface area contributed by atoms with Gasteiger partial charge in [-0.3, -0.25) is 4.79 Å². The van der Waals surface area contributed by atoms with E-state index in [0.717, 1.165) is 28.4 Å². The van der Waals surface area contributed by atoms with E-state index in [0.29, 0.717) is 6.42 Å². The van der Waals surface area contributed by atoms with Crippen molar-refractivity contribution in [2.24, 2.45) is 0 Å². The summed E-state index contributed by atoms with van der Waals surface area (Å²) in [5.74, 6) is 0.0334. The lowest BCUT2D eigenvalue weighted by atomic mass is 10.1. The van der Waals surface area contributed by atoms with Crippen molar-refractivity contribution in [3.8, 4) is 11.3 Å². The van der Waals surface area contributed by atoms with Crippen LogP contribution >= 0.6 is 11.3 Å². The Morgan fingerprint density at radius 1 is 1.09 bits per heavy atom. The second kappa shape index (κ2) is 7.20. The second-order valence-electron chi connectivity index (χ2n) is 5.36. The van der Waals surface area contributed by atoms with Crippen LogP contribution in [0.4, 0.5) is 5.69 Å². The first-order valence-electron chi connectivity index (χ1n) is 7.57. The number of aromatic nitrogens is 1. The van der Waals surface area contributed by atoms with Crippen LogP contribution in [0.15, 0.2) is 60.0 Å². The molecule has 1 aromatic heterocycles. The van der Waals surface area contributed by atoms with Crippen molar-refractivity contribution in [3.63, 3.8) is 0 Å². The Morgan fingerprint density at radius 3 is 2.48 bits per heavy atom. The first-order chi connectivity index (χ1) is 11.2. The van der Waals surface area contributed by atoms with E-state index in [2.05, 4.69) is 10.3 Å². The highest BCUT2D eigenvalue weighted by Crippen LogP contribution is 2.23. The number of carbonyl (C=O) groups excluding carboxylic acids is 1. The zero-order valence-corrected chi connectivity index (χ0v) is 13.8. The number of benzene rings is 2. The van der Waals surface area contributed by atoms with E-state index < -0.39 is 0 Å². The van der Waals surface area contributed by atoms with Gasteiger partial charge < -0.3 is 5.32 Å². The number of carbonyl (C=O) groups is 1. The fraction of sp³-hybridized carbons (Fsp3) is 0.158. The number of thiazole rings is 1. The average Bonchev–Trinajstić information content (AvgIpc) is 3.01. The summed E-state index contributed by atoms with van der Waals surface area (Å²) < 4.78 is 0. The molecule has 0 fully saturated rings. The predicted molar refractivity (Wildman–Crippen MR) is 95.7 cm³/mol. The monoisotopic (exact) mass is 322 g/mol. The van der Waals surface area contributed by atoms with Crippen LogP contribution in [0.2, 0.25) is 0 Å².